The molecular weight excluding hydrogens is 777 g/mol. The summed E-state index contributed by atoms with van der Waals surface area (Å²) in [6, 6.07) is 74.5. The van der Waals surface area contributed by atoms with E-state index in [0.29, 0.717) is 17.6 Å². The first-order valence-corrected chi connectivity index (χ1v) is 22.0. The van der Waals surface area contributed by atoms with E-state index in [4.69, 9.17) is 15.0 Å². The van der Waals surface area contributed by atoms with Gasteiger partial charge in [-0.05, 0) is 113 Å². The smallest absolute Gasteiger partial charge is 0.238 e. The standard InChI is InChI=1S/C60H40N4/c1-60(2)53-25-15-14-24-46(53)50-33-42(27-30-54(50)60)41-26-29-45-47(32-41)43-22-12-13-23-44(43)49-36-56-52(35-48(45)49)51-34-40(37-16-6-3-7-17-37)28-31-55(51)64(56)59-62-57(38-18-8-4-9-19-38)61-58(63-59)39-20-10-5-11-21-39/h3-36H,1-2H3. The molecule has 0 unspecified atom stereocenters. The van der Waals surface area contributed by atoms with Gasteiger partial charge in [0, 0.05) is 27.3 Å². The molecule has 12 aromatic rings. The van der Waals surface area contributed by atoms with Crippen molar-refractivity contribution in [1.82, 2.24) is 19.5 Å². The average Bonchev–Trinajstić information content (AvgIpc) is 3.80. The van der Waals surface area contributed by atoms with Crippen molar-refractivity contribution >= 4 is 54.1 Å². The number of hydrogen-bond acceptors (Lipinski definition) is 3. The van der Waals surface area contributed by atoms with Crippen molar-refractivity contribution < 1.29 is 0 Å². The van der Waals surface area contributed by atoms with Gasteiger partial charge < -0.3 is 0 Å². The number of benzene rings is 10. The minimum absolute atomic E-state index is 0.0306. The lowest BCUT2D eigenvalue weighted by atomic mass is 9.82. The summed E-state index contributed by atoms with van der Waals surface area (Å²) in [6.07, 6.45) is 0. The van der Waals surface area contributed by atoms with Gasteiger partial charge in [0.05, 0.1) is 11.0 Å². The maximum atomic E-state index is 5.27. The van der Waals surface area contributed by atoms with Gasteiger partial charge in [-0.2, -0.15) is 9.97 Å². The quantitative estimate of drug-likeness (QED) is 0.163. The summed E-state index contributed by atoms with van der Waals surface area (Å²) in [7, 11) is 0. The van der Waals surface area contributed by atoms with Gasteiger partial charge in [-0.25, -0.2) is 4.98 Å². The van der Waals surface area contributed by atoms with Crippen molar-refractivity contribution in [3.05, 3.63) is 217 Å². The Morgan fingerprint density at radius 1 is 0.312 bits per heavy atom. The molecule has 0 spiro atoms. The van der Waals surface area contributed by atoms with E-state index in [0.717, 1.165) is 38.5 Å². The second-order valence-corrected chi connectivity index (χ2v) is 17.6. The van der Waals surface area contributed by atoms with Gasteiger partial charge in [0.25, 0.3) is 0 Å². The van der Waals surface area contributed by atoms with Crippen LogP contribution in [0.1, 0.15) is 25.0 Å². The molecule has 2 heterocycles. The lowest BCUT2D eigenvalue weighted by Gasteiger charge is -2.21. The summed E-state index contributed by atoms with van der Waals surface area (Å²) in [5, 5.41) is 9.59. The van der Waals surface area contributed by atoms with E-state index < -0.39 is 0 Å². The van der Waals surface area contributed by atoms with Crippen LogP contribution in [-0.4, -0.2) is 19.5 Å². The summed E-state index contributed by atoms with van der Waals surface area (Å²) in [4.78, 5) is 15.6. The lowest BCUT2D eigenvalue weighted by Crippen LogP contribution is -2.14. The Hall–Kier alpha value is -8.21. The number of hydrogen-bond donors (Lipinski definition) is 0. The Balaban J connectivity index is 1.08. The third-order valence-electron chi connectivity index (χ3n) is 13.6. The number of aromatic nitrogens is 4. The fourth-order valence-corrected chi connectivity index (χ4v) is 10.5. The van der Waals surface area contributed by atoms with Crippen molar-refractivity contribution in [2.75, 3.05) is 0 Å². The molecule has 10 aromatic carbocycles. The van der Waals surface area contributed by atoms with E-state index in [-0.39, 0.29) is 5.41 Å². The van der Waals surface area contributed by atoms with Gasteiger partial charge in [0.15, 0.2) is 11.6 Å². The molecule has 0 N–H and O–H groups in total. The molecule has 0 saturated heterocycles. The minimum atomic E-state index is -0.0306. The van der Waals surface area contributed by atoms with E-state index in [2.05, 4.69) is 188 Å². The van der Waals surface area contributed by atoms with Crippen LogP contribution < -0.4 is 0 Å². The van der Waals surface area contributed by atoms with Crippen LogP contribution >= 0.6 is 0 Å². The summed E-state index contributed by atoms with van der Waals surface area (Å²) in [5.74, 6) is 1.84. The first kappa shape index (κ1) is 36.4. The summed E-state index contributed by atoms with van der Waals surface area (Å²) < 4.78 is 2.24. The molecule has 13 rings (SSSR count). The van der Waals surface area contributed by atoms with Crippen LogP contribution in [0.5, 0.6) is 0 Å². The third-order valence-corrected chi connectivity index (χ3v) is 13.6. The van der Waals surface area contributed by atoms with E-state index in [1.54, 1.807) is 0 Å². The Labute approximate surface area is 370 Å². The van der Waals surface area contributed by atoms with E-state index in [1.807, 2.05) is 36.4 Å². The molecule has 2 aromatic heterocycles. The highest BCUT2D eigenvalue weighted by Crippen LogP contribution is 2.50. The monoisotopic (exact) mass is 816 g/mol. The van der Waals surface area contributed by atoms with Crippen molar-refractivity contribution in [3.63, 3.8) is 0 Å². The van der Waals surface area contributed by atoms with Crippen LogP contribution in [0.2, 0.25) is 0 Å². The van der Waals surface area contributed by atoms with Gasteiger partial charge in [-0.1, -0.05) is 184 Å². The Morgan fingerprint density at radius 2 is 0.797 bits per heavy atom. The van der Waals surface area contributed by atoms with Crippen molar-refractivity contribution in [2.24, 2.45) is 0 Å². The molecule has 4 heteroatoms. The Bertz CT molecular complexity index is 3790. The zero-order chi connectivity index (χ0) is 42.5. The molecule has 0 fully saturated rings. The highest BCUT2D eigenvalue weighted by Gasteiger charge is 2.35. The highest BCUT2D eigenvalue weighted by atomic mass is 15.2. The number of fused-ring (bicyclic) bond motifs is 12. The first-order valence-electron chi connectivity index (χ1n) is 22.0. The Kier molecular flexibility index (Phi) is 7.92. The molecule has 0 aliphatic heterocycles. The molecule has 0 atom stereocenters. The van der Waals surface area contributed by atoms with Crippen LogP contribution in [-0.2, 0) is 5.41 Å². The van der Waals surface area contributed by atoms with Crippen molar-refractivity contribution in [2.45, 2.75) is 19.3 Å². The first-order chi connectivity index (χ1) is 31.5. The fourth-order valence-electron chi connectivity index (χ4n) is 10.5. The molecule has 0 amide bonds. The zero-order valence-corrected chi connectivity index (χ0v) is 35.4. The molecule has 0 saturated carbocycles. The summed E-state index contributed by atoms with van der Waals surface area (Å²) in [6.45, 7) is 4.69. The highest BCUT2D eigenvalue weighted by molar-refractivity contribution is 6.29. The zero-order valence-electron chi connectivity index (χ0n) is 35.4. The lowest BCUT2D eigenvalue weighted by molar-refractivity contribution is 0.660. The maximum absolute atomic E-state index is 5.27. The van der Waals surface area contributed by atoms with Crippen LogP contribution in [0.25, 0.3) is 116 Å². The van der Waals surface area contributed by atoms with Crippen molar-refractivity contribution in [3.8, 4) is 62.1 Å². The van der Waals surface area contributed by atoms with Gasteiger partial charge >= 0.3 is 0 Å². The normalized spacial score (nSPS) is 13.0. The largest absolute Gasteiger partial charge is 0.278 e. The van der Waals surface area contributed by atoms with Gasteiger partial charge in [0.1, 0.15) is 0 Å². The van der Waals surface area contributed by atoms with Crippen LogP contribution in [0.15, 0.2) is 206 Å². The molecule has 300 valence electrons. The van der Waals surface area contributed by atoms with Crippen LogP contribution in [0, 0.1) is 0 Å². The van der Waals surface area contributed by atoms with Crippen LogP contribution in [0.4, 0.5) is 0 Å². The van der Waals surface area contributed by atoms with Gasteiger partial charge in [-0.15, -0.1) is 0 Å². The molecule has 1 aliphatic rings. The molecule has 4 nitrogen and oxygen atoms in total. The SMILES string of the molecule is CC1(C)c2ccccc2-c2cc(-c3ccc4c(c3)c3ccccc3c3cc5c(cc43)c3cc(-c4ccccc4)ccc3n5-c3nc(-c4ccccc4)nc(-c4ccccc4)n3)ccc21. The minimum Gasteiger partial charge on any atom is -0.278 e. The summed E-state index contributed by atoms with van der Waals surface area (Å²) >= 11 is 0. The predicted molar refractivity (Wildman–Crippen MR) is 266 cm³/mol. The van der Waals surface area contributed by atoms with E-state index >= 15 is 0 Å². The average molecular weight is 817 g/mol. The van der Waals surface area contributed by atoms with Gasteiger partial charge in [-0.3, -0.25) is 4.57 Å². The topological polar surface area (TPSA) is 43.6 Å². The second kappa shape index (κ2) is 13.9. The Morgan fingerprint density at radius 3 is 1.50 bits per heavy atom. The fraction of sp³-hybridized carbons (Fsp3) is 0.0500. The molecule has 0 radical (unpaired) electrons. The van der Waals surface area contributed by atoms with Crippen molar-refractivity contribution in [1.29, 1.82) is 0 Å². The van der Waals surface area contributed by atoms with Crippen LogP contribution in [0.3, 0.4) is 0 Å². The van der Waals surface area contributed by atoms with Gasteiger partial charge in [0.2, 0.25) is 5.95 Å². The second-order valence-electron chi connectivity index (χ2n) is 17.6. The maximum Gasteiger partial charge on any atom is 0.238 e. The molecule has 1 aliphatic carbocycles. The van der Waals surface area contributed by atoms with E-state index in [9.17, 15) is 0 Å². The molecular formula is C60H40N4. The third kappa shape index (κ3) is 5.52. The number of rotatable bonds is 5. The molecule has 64 heavy (non-hydrogen) atoms. The summed E-state index contributed by atoms with van der Waals surface area (Å²) in [5.41, 5.74) is 14.1. The number of nitrogens with zero attached hydrogens (tertiary/aromatic N) is 4. The molecule has 0 bridgehead atoms. The van der Waals surface area contributed by atoms with E-state index in [1.165, 1.54) is 71.3 Å². The predicted octanol–water partition coefficient (Wildman–Crippen LogP) is 15.4.